The van der Waals surface area contributed by atoms with E-state index in [0.717, 1.165) is 43.5 Å². The van der Waals surface area contributed by atoms with Crippen LogP contribution in [-0.4, -0.2) is 37.0 Å². The van der Waals surface area contributed by atoms with Gasteiger partial charge in [0.2, 0.25) is 5.91 Å². The summed E-state index contributed by atoms with van der Waals surface area (Å²) in [5.74, 6) is 2.31. The molecule has 3 heteroatoms. The Morgan fingerprint density at radius 2 is 1.59 bits per heavy atom. The Morgan fingerprint density at radius 3 is 2.41 bits per heavy atom. The maximum atomic E-state index is 12.4. The predicted octanol–water partition coefficient (Wildman–Crippen LogP) is 5.04. The average Bonchev–Trinajstić information content (AvgIpc) is 2.72. The summed E-state index contributed by atoms with van der Waals surface area (Å²) in [6.07, 6.45) is 14.3. The van der Waals surface area contributed by atoms with Crippen LogP contribution in [0.2, 0.25) is 0 Å². The predicted molar refractivity (Wildman–Crippen MR) is 112 cm³/mol. The molecule has 1 saturated heterocycles. The van der Waals surface area contributed by atoms with Gasteiger partial charge < -0.3 is 9.80 Å². The fraction of sp³-hybridized carbons (Fsp3) is 0.708. The fourth-order valence-electron chi connectivity index (χ4n) is 5.53. The van der Waals surface area contributed by atoms with E-state index >= 15 is 0 Å². The minimum atomic E-state index is 0.305. The molecule has 0 atom stereocenters. The summed E-state index contributed by atoms with van der Waals surface area (Å²) >= 11 is 0. The second-order valence-corrected chi connectivity index (χ2v) is 9.05. The quantitative estimate of drug-likeness (QED) is 0.702. The van der Waals surface area contributed by atoms with Crippen molar-refractivity contribution in [2.75, 3.05) is 31.1 Å². The van der Waals surface area contributed by atoms with E-state index in [4.69, 9.17) is 0 Å². The van der Waals surface area contributed by atoms with Crippen LogP contribution in [-0.2, 0) is 11.2 Å². The number of amides is 1. The molecule has 0 aromatic heterocycles. The minimum absolute atomic E-state index is 0.305. The van der Waals surface area contributed by atoms with Crippen LogP contribution in [0.15, 0.2) is 24.3 Å². The van der Waals surface area contributed by atoms with Crippen molar-refractivity contribution in [2.45, 2.75) is 70.6 Å². The maximum absolute atomic E-state index is 12.4. The van der Waals surface area contributed by atoms with E-state index in [2.05, 4.69) is 29.2 Å². The topological polar surface area (TPSA) is 23.6 Å². The molecule has 1 aliphatic carbocycles. The number of hydrogen-bond acceptors (Lipinski definition) is 2. The SMILES string of the molecule is O=C1CCc2ccccc2N1CCCN1CCC(CC2CCCCC2)CC1. The normalized spacial score (nSPS) is 22.8. The molecule has 27 heavy (non-hydrogen) atoms. The third-order valence-electron chi connectivity index (χ3n) is 7.15. The molecule has 3 nitrogen and oxygen atoms in total. The van der Waals surface area contributed by atoms with Crippen molar-refractivity contribution in [3.63, 3.8) is 0 Å². The minimum Gasteiger partial charge on any atom is -0.312 e. The van der Waals surface area contributed by atoms with Gasteiger partial charge in [-0.1, -0.05) is 50.3 Å². The Morgan fingerprint density at radius 1 is 0.852 bits per heavy atom. The molecule has 1 saturated carbocycles. The highest BCUT2D eigenvalue weighted by Crippen LogP contribution is 2.33. The first kappa shape index (κ1) is 19.0. The standard InChI is InChI=1S/C24H36N2O/c27-24-12-11-22-9-4-5-10-23(22)26(24)16-6-15-25-17-13-21(14-18-25)19-20-7-2-1-3-8-20/h4-5,9-10,20-21H,1-3,6-8,11-19H2. The van der Waals surface area contributed by atoms with Crippen molar-refractivity contribution in [1.29, 1.82) is 0 Å². The van der Waals surface area contributed by atoms with Gasteiger partial charge in [0.05, 0.1) is 0 Å². The molecule has 1 aromatic carbocycles. The van der Waals surface area contributed by atoms with Gasteiger partial charge in [-0.25, -0.2) is 0 Å². The highest BCUT2D eigenvalue weighted by Gasteiger charge is 2.25. The van der Waals surface area contributed by atoms with Gasteiger partial charge in [-0.05, 0) is 75.2 Å². The summed E-state index contributed by atoms with van der Waals surface area (Å²) in [7, 11) is 0. The molecule has 0 N–H and O–H groups in total. The van der Waals surface area contributed by atoms with Gasteiger partial charge in [0.15, 0.2) is 0 Å². The number of nitrogens with zero attached hydrogens (tertiary/aromatic N) is 2. The zero-order chi connectivity index (χ0) is 18.5. The van der Waals surface area contributed by atoms with Gasteiger partial charge >= 0.3 is 0 Å². The van der Waals surface area contributed by atoms with Crippen molar-refractivity contribution >= 4 is 11.6 Å². The number of carbonyl (C=O) groups is 1. The summed E-state index contributed by atoms with van der Waals surface area (Å²) in [6.45, 7) is 4.55. The van der Waals surface area contributed by atoms with E-state index in [-0.39, 0.29) is 0 Å². The zero-order valence-electron chi connectivity index (χ0n) is 16.9. The smallest absolute Gasteiger partial charge is 0.227 e. The lowest BCUT2D eigenvalue weighted by Gasteiger charge is -2.35. The van der Waals surface area contributed by atoms with Gasteiger partial charge in [-0.3, -0.25) is 4.79 Å². The molecule has 148 valence electrons. The second-order valence-electron chi connectivity index (χ2n) is 9.05. The maximum Gasteiger partial charge on any atom is 0.227 e. The largest absolute Gasteiger partial charge is 0.312 e. The Balaban J connectivity index is 1.19. The van der Waals surface area contributed by atoms with E-state index in [0.29, 0.717) is 12.3 Å². The molecule has 2 heterocycles. The third-order valence-corrected chi connectivity index (χ3v) is 7.15. The summed E-state index contributed by atoms with van der Waals surface area (Å²) in [4.78, 5) is 17.1. The van der Waals surface area contributed by atoms with E-state index in [1.807, 2.05) is 4.90 Å². The van der Waals surface area contributed by atoms with Crippen LogP contribution in [0.1, 0.15) is 69.8 Å². The lowest BCUT2D eigenvalue weighted by molar-refractivity contribution is -0.118. The number of rotatable bonds is 6. The van der Waals surface area contributed by atoms with Crippen LogP contribution in [0, 0.1) is 11.8 Å². The van der Waals surface area contributed by atoms with Crippen molar-refractivity contribution in [1.82, 2.24) is 4.90 Å². The van der Waals surface area contributed by atoms with Crippen LogP contribution in [0.25, 0.3) is 0 Å². The van der Waals surface area contributed by atoms with Crippen molar-refractivity contribution in [2.24, 2.45) is 11.8 Å². The average molecular weight is 369 g/mol. The summed E-state index contributed by atoms with van der Waals surface area (Å²) < 4.78 is 0. The van der Waals surface area contributed by atoms with Crippen LogP contribution < -0.4 is 4.90 Å². The number of fused-ring (bicyclic) bond motifs is 1. The molecule has 4 rings (SSSR count). The molecule has 3 aliphatic rings. The van der Waals surface area contributed by atoms with Gasteiger partial charge in [0, 0.05) is 18.7 Å². The number of piperidine rings is 1. The zero-order valence-corrected chi connectivity index (χ0v) is 16.9. The second kappa shape index (κ2) is 9.23. The lowest BCUT2D eigenvalue weighted by atomic mass is 9.80. The van der Waals surface area contributed by atoms with Gasteiger partial charge in [0.25, 0.3) is 0 Å². The summed E-state index contributed by atoms with van der Waals surface area (Å²) in [6, 6.07) is 8.43. The van der Waals surface area contributed by atoms with Gasteiger partial charge in [-0.2, -0.15) is 0 Å². The number of aryl methyl sites for hydroxylation is 1. The number of carbonyl (C=O) groups excluding carboxylic acids is 1. The molecule has 1 amide bonds. The summed E-state index contributed by atoms with van der Waals surface area (Å²) in [5, 5.41) is 0. The highest BCUT2D eigenvalue weighted by molar-refractivity contribution is 5.96. The number of likely N-dealkylation sites (tertiary alicyclic amines) is 1. The number of para-hydroxylation sites is 1. The van der Waals surface area contributed by atoms with E-state index < -0.39 is 0 Å². The lowest BCUT2D eigenvalue weighted by Crippen LogP contribution is -2.39. The third kappa shape index (κ3) is 4.93. The molecule has 0 unspecified atom stereocenters. The molecule has 0 spiro atoms. The van der Waals surface area contributed by atoms with Crippen LogP contribution >= 0.6 is 0 Å². The molecule has 0 radical (unpaired) electrons. The fourth-order valence-corrected chi connectivity index (χ4v) is 5.53. The first-order valence-corrected chi connectivity index (χ1v) is 11.4. The highest BCUT2D eigenvalue weighted by atomic mass is 16.2. The van der Waals surface area contributed by atoms with E-state index in [9.17, 15) is 4.79 Å². The Hall–Kier alpha value is -1.35. The van der Waals surface area contributed by atoms with Crippen molar-refractivity contribution in [3.05, 3.63) is 29.8 Å². The number of benzene rings is 1. The van der Waals surface area contributed by atoms with E-state index in [1.54, 1.807) is 0 Å². The molecule has 2 fully saturated rings. The van der Waals surface area contributed by atoms with Crippen molar-refractivity contribution in [3.8, 4) is 0 Å². The van der Waals surface area contributed by atoms with Crippen molar-refractivity contribution < 1.29 is 4.79 Å². The van der Waals surface area contributed by atoms with Gasteiger partial charge in [0.1, 0.15) is 0 Å². The molecular weight excluding hydrogens is 332 g/mol. The Bertz CT molecular complexity index is 615. The van der Waals surface area contributed by atoms with Crippen LogP contribution in [0.3, 0.4) is 0 Å². The van der Waals surface area contributed by atoms with E-state index in [1.165, 1.54) is 70.0 Å². The number of hydrogen-bond donors (Lipinski definition) is 0. The number of anilines is 1. The molecular formula is C24H36N2O. The first-order chi connectivity index (χ1) is 13.3. The molecule has 1 aromatic rings. The van der Waals surface area contributed by atoms with Gasteiger partial charge in [-0.15, -0.1) is 0 Å². The molecule has 0 bridgehead atoms. The van der Waals surface area contributed by atoms with Crippen LogP contribution in [0.5, 0.6) is 0 Å². The monoisotopic (exact) mass is 368 g/mol. The Kier molecular flexibility index (Phi) is 6.49. The summed E-state index contributed by atoms with van der Waals surface area (Å²) in [5.41, 5.74) is 2.49. The van der Waals surface area contributed by atoms with Crippen LogP contribution in [0.4, 0.5) is 5.69 Å². The first-order valence-electron chi connectivity index (χ1n) is 11.4. The molecule has 2 aliphatic heterocycles. The Labute approximate surface area is 165 Å².